The first-order chi connectivity index (χ1) is 12.0. The molecule has 1 aliphatic heterocycles. The first kappa shape index (κ1) is 20.8. The molecular weight excluding hydrogens is 383 g/mol. The number of nitrogens with one attached hydrogen (secondary N) is 1. The fourth-order valence-corrected chi connectivity index (χ4v) is 4.81. The second-order valence-electron chi connectivity index (χ2n) is 6.34. The van der Waals surface area contributed by atoms with Crippen LogP contribution >= 0.6 is 0 Å². The Balaban J connectivity index is 2.10. The SMILES string of the molecule is C=CS(=O)(=O)NC[C@H]1CCN(S(=O)(=O)c2ccc(OC(C)C)cc2F)C1. The van der Waals surface area contributed by atoms with Crippen molar-refractivity contribution >= 4 is 20.0 Å². The van der Waals surface area contributed by atoms with Crippen LogP contribution in [-0.4, -0.2) is 46.9 Å². The number of nitrogens with zero attached hydrogens (tertiary/aromatic N) is 1. The van der Waals surface area contributed by atoms with Gasteiger partial charge >= 0.3 is 0 Å². The number of ether oxygens (including phenoxy) is 1. The van der Waals surface area contributed by atoms with Gasteiger partial charge in [-0.3, -0.25) is 0 Å². The van der Waals surface area contributed by atoms with Gasteiger partial charge in [0, 0.05) is 31.1 Å². The maximum absolute atomic E-state index is 14.3. The summed E-state index contributed by atoms with van der Waals surface area (Å²) in [5.74, 6) is -0.806. The molecule has 1 saturated heterocycles. The highest BCUT2D eigenvalue weighted by Gasteiger charge is 2.34. The van der Waals surface area contributed by atoms with Crippen molar-refractivity contribution in [2.45, 2.75) is 31.3 Å². The lowest BCUT2D eigenvalue weighted by molar-refractivity contribution is 0.241. The van der Waals surface area contributed by atoms with Crippen LogP contribution in [0.15, 0.2) is 35.1 Å². The van der Waals surface area contributed by atoms with Crippen LogP contribution in [-0.2, 0) is 20.0 Å². The minimum absolute atomic E-state index is 0.101. The summed E-state index contributed by atoms with van der Waals surface area (Å²) < 4.78 is 71.3. The molecule has 0 bridgehead atoms. The fourth-order valence-electron chi connectivity index (χ4n) is 2.65. The molecule has 0 amide bonds. The topological polar surface area (TPSA) is 92.8 Å². The largest absolute Gasteiger partial charge is 0.491 e. The monoisotopic (exact) mass is 406 g/mol. The molecule has 1 aliphatic rings. The minimum Gasteiger partial charge on any atom is -0.491 e. The van der Waals surface area contributed by atoms with E-state index in [4.69, 9.17) is 4.74 Å². The molecule has 0 unspecified atom stereocenters. The van der Waals surface area contributed by atoms with Gasteiger partial charge in [-0.1, -0.05) is 6.58 Å². The quantitative estimate of drug-likeness (QED) is 0.709. The van der Waals surface area contributed by atoms with Gasteiger partial charge in [0.1, 0.15) is 16.5 Å². The predicted molar refractivity (Wildman–Crippen MR) is 96.1 cm³/mol. The summed E-state index contributed by atoms with van der Waals surface area (Å²) in [5.41, 5.74) is 0. The third kappa shape index (κ3) is 5.03. The van der Waals surface area contributed by atoms with E-state index in [1.54, 1.807) is 13.8 Å². The molecular formula is C16H23FN2O5S2. The van der Waals surface area contributed by atoms with Gasteiger partial charge in [0.15, 0.2) is 0 Å². The summed E-state index contributed by atoms with van der Waals surface area (Å²) in [5, 5.41) is 0.798. The molecule has 0 radical (unpaired) electrons. The average Bonchev–Trinajstić information content (AvgIpc) is 3.02. The summed E-state index contributed by atoms with van der Waals surface area (Å²) in [6, 6.07) is 3.66. The van der Waals surface area contributed by atoms with E-state index >= 15 is 0 Å². The maximum Gasteiger partial charge on any atom is 0.245 e. The molecule has 2 rings (SSSR count). The van der Waals surface area contributed by atoms with Crippen LogP contribution in [0.25, 0.3) is 0 Å². The summed E-state index contributed by atoms with van der Waals surface area (Å²) >= 11 is 0. The van der Waals surface area contributed by atoms with Gasteiger partial charge in [0.05, 0.1) is 6.10 Å². The van der Waals surface area contributed by atoms with E-state index in [9.17, 15) is 21.2 Å². The molecule has 146 valence electrons. The Morgan fingerprint density at radius 2 is 2.08 bits per heavy atom. The Morgan fingerprint density at radius 3 is 2.65 bits per heavy atom. The van der Waals surface area contributed by atoms with Crippen molar-refractivity contribution in [1.29, 1.82) is 0 Å². The van der Waals surface area contributed by atoms with Gasteiger partial charge in [0.2, 0.25) is 20.0 Å². The van der Waals surface area contributed by atoms with Crippen molar-refractivity contribution in [3.8, 4) is 5.75 Å². The highest BCUT2D eigenvalue weighted by Crippen LogP contribution is 2.28. The molecule has 0 saturated carbocycles. The fraction of sp³-hybridized carbons (Fsp3) is 0.500. The van der Waals surface area contributed by atoms with Crippen molar-refractivity contribution < 1.29 is 26.0 Å². The van der Waals surface area contributed by atoms with E-state index in [1.807, 2.05) is 0 Å². The number of hydrogen-bond acceptors (Lipinski definition) is 5. The molecule has 26 heavy (non-hydrogen) atoms. The van der Waals surface area contributed by atoms with Crippen molar-refractivity contribution in [1.82, 2.24) is 9.03 Å². The van der Waals surface area contributed by atoms with Crippen LogP contribution in [0.3, 0.4) is 0 Å². The third-order valence-corrected chi connectivity index (χ3v) is 6.84. The number of rotatable bonds is 8. The number of sulfonamides is 2. The zero-order chi connectivity index (χ0) is 19.5. The second kappa shape index (κ2) is 8.03. The molecule has 0 aromatic heterocycles. The zero-order valence-corrected chi connectivity index (χ0v) is 16.3. The van der Waals surface area contributed by atoms with Crippen LogP contribution < -0.4 is 9.46 Å². The highest BCUT2D eigenvalue weighted by molar-refractivity contribution is 7.92. The van der Waals surface area contributed by atoms with E-state index in [1.165, 1.54) is 16.4 Å². The van der Waals surface area contributed by atoms with E-state index < -0.39 is 30.8 Å². The lowest BCUT2D eigenvalue weighted by Crippen LogP contribution is -2.32. The molecule has 1 atom stereocenters. The van der Waals surface area contributed by atoms with Gasteiger partial charge in [0.25, 0.3) is 0 Å². The van der Waals surface area contributed by atoms with Crippen molar-refractivity contribution in [3.63, 3.8) is 0 Å². The highest BCUT2D eigenvalue weighted by atomic mass is 32.2. The van der Waals surface area contributed by atoms with Crippen molar-refractivity contribution in [2.24, 2.45) is 5.92 Å². The molecule has 0 spiro atoms. The van der Waals surface area contributed by atoms with E-state index in [-0.39, 0.29) is 37.4 Å². The first-order valence-electron chi connectivity index (χ1n) is 8.13. The van der Waals surface area contributed by atoms with Gasteiger partial charge < -0.3 is 4.74 Å². The molecule has 7 nitrogen and oxygen atoms in total. The molecule has 0 aliphatic carbocycles. The Hall–Kier alpha value is -1.49. The second-order valence-corrected chi connectivity index (χ2v) is 9.96. The molecule has 10 heteroatoms. The lowest BCUT2D eigenvalue weighted by atomic mass is 10.1. The van der Waals surface area contributed by atoms with Gasteiger partial charge in [-0.2, -0.15) is 4.31 Å². The normalized spacial score (nSPS) is 19.0. The van der Waals surface area contributed by atoms with Crippen molar-refractivity contribution in [2.75, 3.05) is 19.6 Å². The Morgan fingerprint density at radius 1 is 1.38 bits per heavy atom. The summed E-state index contributed by atoms with van der Waals surface area (Å²) in [6.45, 7) is 7.19. The van der Waals surface area contributed by atoms with Gasteiger partial charge in [-0.15, -0.1) is 0 Å². The average molecular weight is 407 g/mol. The minimum atomic E-state index is -4.00. The molecule has 1 aromatic carbocycles. The summed E-state index contributed by atoms with van der Waals surface area (Å²) in [7, 11) is -7.56. The number of benzene rings is 1. The Labute approximate surface area is 153 Å². The standard InChI is InChI=1S/C16H23FN2O5S2/c1-4-25(20,21)18-10-13-7-8-19(11-13)26(22,23)16-6-5-14(9-15(16)17)24-12(2)3/h4-6,9,12-13,18H,1,7-8,10-11H2,2-3H3/t13-/m1/s1. The molecule has 1 aromatic rings. The van der Waals surface area contributed by atoms with E-state index in [2.05, 4.69) is 11.3 Å². The van der Waals surface area contributed by atoms with E-state index in [0.29, 0.717) is 6.42 Å². The Bertz CT molecular complexity index is 869. The van der Waals surface area contributed by atoms with Crippen LogP contribution in [0.4, 0.5) is 4.39 Å². The lowest BCUT2D eigenvalue weighted by Gasteiger charge is -2.18. The molecule has 1 heterocycles. The van der Waals surface area contributed by atoms with Crippen LogP contribution in [0, 0.1) is 11.7 Å². The van der Waals surface area contributed by atoms with Crippen LogP contribution in [0.2, 0.25) is 0 Å². The van der Waals surface area contributed by atoms with Crippen LogP contribution in [0.1, 0.15) is 20.3 Å². The van der Waals surface area contributed by atoms with E-state index in [0.717, 1.165) is 11.5 Å². The Kier molecular flexibility index (Phi) is 6.43. The van der Waals surface area contributed by atoms with Gasteiger partial charge in [-0.25, -0.2) is 25.9 Å². The summed E-state index contributed by atoms with van der Waals surface area (Å²) in [6.07, 6.45) is 0.324. The zero-order valence-electron chi connectivity index (χ0n) is 14.7. The van der Waals surface area contributed by atoms with Gasteiger partial charge in [-0.05, 0) is 38.3 Å². The molecule has 1 N–H and O–H groups in total. The predicted octanol–water partition coefficient (Wildman–Crippen LogP) is 1.69. The first-order valence-corrected chi connectivity index (χ1v) is 11.1. The smallest absolute Gasteiger partial charge is 0.245 e. The maximum atomic E-state index is 14.3. The summed E-state index contributed by atoms with van der Waals surface area (Å²) in [4.78, 5) is -0.416. The number of hydrogen-bond donors (Lipinski definition) is 1. The third-order valence-electron chi connectivity index (χ3n) is 3.93. The number of halogens is 1. The van der Waals surface area contributed by atoms with Crippen molar-refractivity contribution in [3.05, 3.63) is 36.0 Å². The molecule has 1 fully saturated rings. The van der Waals surface area contributed by atoms with Crippen LogP contribution in [0.5, 0.6) is 5.75 Å².